The minimum absolute atomic E-state index is 0. The highest BCUT2D eigenvalue weighted by molar-refractivity contribution is 5.85. The van der Waals surface area contributed by atoms with Crippen molar-refractivity contribution in [3.05, 3.63) is 34.9 Å². The summed E-state index contributed by atoms with van der Waals surface area (Å²) in [4.78, 5) is 14.2. The van der Waals surface area contributed by atoms with Crippen molar-refractivity contribution < 1.29 is 4.79 Å². The topological polar surface area (TPSA) is 46.3 Å². The van der Waals surface area contributed by atoms with Crippen molar-refractivity contribution in [2.45, 2.75) is 58.4 Å². The van der Waals surface area contributed by atoms with Crippen molar-refractivity contribution >= 4 is 18.3 Å². The normalized spacial score (nSPS) is 14.8. The Balaban J connectivity index is 0.00000264. The molecule has 0 spiro atoms. The van der Waals surface area contributed by atoms with E-state index in [0.717, 1.165) is 24.9 Å². The summed E-state index contributed by atoms with van der Waals surface area (Å²) in [5.41, 5.74) is 10.1. The number of hydrogen-bond donors (Lipinski definition) is 1. The summed E-state index contributed by atoms with van der Waals surface area (Å²) in [6, 6.07) is 6.74. The number of rotatable bonds is 6. The minimum Gasteiger partial charge on any atom is -0.345 e. The van der Waals surface area contributed by atoms with Gasteiger partial charge in [-0.3, -0.25) is 4.79 Å². The molecule has 1 aromatic rings. The van der Waals surface area contributed by atoms with Crippen LogP contribution in [0, 0.1) is 5.92 Å². The highest BCUT2D eigenvalue weighted by atomic mass is 35.5. The van der Waals surface area contributed by atoms with E-state index >= 15 is 0 Å². The van der Waals surface area contributed by atoms with Crippen molar-refractivity contribution in [3.8, 4) is 0 Å². The summed E-state index contributed by atoms with van der Waals surface area (Å²) < 4.78 is 0. The maximum atomic E-state index is 12.3. The Morgan fingerprint density at radius 3 is 2.52 bits per heavy atom. The summed E-state index contributed by atoms with van der Waals surface area (Å²) >= 11 is 0. The second-order valence-electron chi connectivity index (χ2n) is 7.00. The van der Waals surface area contributed by atoms with Gasteiger partial charge in [0.25, 0.3) is 0 Å². The van der Waals surface area contributed by atoms with Crippen molar-refractivity contribution in [1.29, 1.82) is 0 Å². The van der Waals surface area contributed by atoms with Gasteiger partial charge in [0.1, 0.15) is 0 Å². The molecule has 2 rings (SSSR count). The Bertz CT molecular complexity index is 516. The third-order valence-electron chi connectivity index (χ3n) is 4.85. The number of aryl methyl sites for hydroxylation is 2. The molecule has 1 amide bonds. The molecule has 3 nitrogen and oxygen atoms in total. The molecule has 0 aromatic heterocycles. The van der Waals surface area contributed by atoms with Crippen LogP contribution in [0.15, 0.2) is 18.2 Å². The average Bonchev–Trinajstić information content (AvgIpc) is 2.51. The van der Waals surface area contributed by atoms with E-state index in [9.17, 15) is 4.79 Å². The molecular weight excluding hydrogens is 308 g/mol. The maximum Gasteiger partial charge on any atom is 0.226 e. The summed E-state index contributed by atoms with van der Waals surface area (Å²) in [5.74, 6) is 0.649. The van der Waals surface area contributed by atoms with Gasteiger partial charge in [-0.05, 0) is 54.7 Å². The lowest BCUT2D eigenvalue weighted by atomic mass is 9.90. The van der Waals surface area contributed by atoms with Crippen LogP contribution in [0.2, 0.25) is 0 Å². The van der Waals surface area contributed by atoms with Crippen molar-refractivity contribution in [2.75, 3.05) is 13.6 Å². The highest BCUT2D eigenvalue weighted by Gasteiger charge is 2.15. The first-order valence-electron chi connectivity index (χ1n) is 8.57. The van der Waals surface area contributed by atoms with E-state index in [4.69, 9.17) is 5.73 Å². The van der Waals surface area contributed by atoms with Gasteiger partial charge in [0.15, 0.2) is 0 Å². The van der Waals surface area contributed by atoms with Crippen LogP contribution in [0.1, 0.15) is 49.8 Å². The first kappa shape index (κ1) is 20.0. The Morgan fingerprint density at radius 1 is 1.22 bits per heavy atom. The van der Waals surface area contributed by atoms with E-state index in [1.165, 1.54) is 30.4 Å². The number of benzene rings is 1. The molecule has 0 heterocycles. The minimum atomic E-state index is 0. The fourth-order valence-electron chi connectivity index (χ4n) is 3.01. The van der Waals surface area contributed by atoms with Crippen LogP contribution in [0.4, 0.5) is 0 Å². The van der Waals surface area contributed by atoms with Crippen LogP contribution in [0.3, 0.4) is 0 Å². The molecule has 0 bridgehead atoms. The largest absolute Gasteiger partial charge is 0.345 e. The lowest BCUT2D eigenvalue weighted by molar-refractivity contribution is -0.129. The third kappa shape index (κ3) is 5.82. The molecule has 1 aliphatic carbocycles. The van der Waals surface area contributed by atoms with Gasteiger partial charge in [-0.25, -0.2) is 0 Å². The SMILES string of the molecule is CC(C)C(N)CCN(C)C(=O)Cc1ccc2c(c1)CCCC2.Cl. The molecule has 1 aromatic carbocycles. The fourth-order valence-corrected chi connectivity index (χ4v) is 3.01. The van der Waals surface area contributed by atoms with Gasteiger partial charge in [-0.15, -0.1) is 12.4 Å². The van der Waals surface area contributed by atoms with Gasteiger partial charge in [0.05, 0.1) is 6.42 Å². The van der Waals surface area contributed by atoms with E-state index in [2.05, 4.69) is 32.0 Å². The zero-order chi connectivity index (χ0) is 16.1. The first-order chi connectivity index (χ1) is 10.5. The highest BCUT2D eigenvalue weighted by Crippen LogP contribution is 2.22. The third-order valence-corrected chi connectivity index (χ3v) is 4.85. The molecule has 1 unspecified atom stereocenters. The van der Waals surface area contributed by atoms with Gasteiger partial charge >= 0.3 is 0 Å². The monoisotopic (exact) mass is 338 g/mol. The summed E-state index contributed by atoms with van der Waals surface area (Å²) in [6.45, 7) is 4.99. The lowest BCUT2D eigenvalue weighted by Crippen LogP contribution is -2.35. The average molecular weight is 339 g/mol. The molecule has 23 heavy (non-hydrogen) atoms. The Morgan fingerprint density at radius 2 is 1.87 bits per heavy atom. The van der Waals surface area contributed by atoms with Crippen LogP contribution < -0.4 is 5.73 Å². The van der Waals surface area contributed by atoms with E-state index < -0.39 is 0 Å². The van der Waals surface area contributed by atoms with Crippen LogP contribution in [0.5, 0.6) is 0 Å². The zero-order valence-electron chi connectivity index (χ0n) is 14.7. The molecule has 2 N–H and O–H groups in total. The van der Waals surface area contributed by atoms with Gasteiger partial charge in [-0.1, -0.05) is 32.0 Å². The van der Waals surface area contributed by atoms with Crippen molar-refractivity contribution in [1.82, 2.24) is 4.90 Å². The smallest absolute Gasteiger partial charge is 0.226 e. The van der Waals surface area contributed by atoms with Crippen LogP contribution >= 0.6 is 12.4 Å². The lowest BCUT2D eigenvalue weighted by Gasteiger charge is -2.22. The predicted octanol–water partition coefficient (Wildman–Crippen LogP) is 3.36. The fraction of sp³-hybridized carbons (Fsp3) is 0.632. The Kier molecular flexibility index (Phi) is 8.07. The number of likely N-dealkylation sites (N-methyl/N-ethyl adjacent to an activating group) is 1. The molecule has 4 heteroatoms. The first-order valence-corrected chi connectivity index (χ1v) is 8.57. The number of halogens is 1. The molecular formula is C19H31ClN2O. The summed E-state index contributed by atoms with van der Waals surface area (Å²) in [5, 5.41) is 0. The Hall–Kier alpha value is -1.06. The number of hydrogen-bond acceptors (Lipinski definition) is 2. The van der Waals surface area contributed by atoms with Crippen molar-refractivity contribution in [2.24, 2.45) is 11.7 Å². The Labute approximate surface area is 147 Å². The van der Waals surface area contributed by atoms with Crippen molar-refractivity contribution in [3.63, 3.8) is 0 Å². The second-order valence-corrected chi connectivity index (χ2v) is 7.00. The molecule has 0 saturated heterocycles. The number of amides is 1. The molecule has 130 valence electrons. The van der Waals surface area contributed by atoms with E-state index in [0.29, 0.717) is 12.3 Å². The molecule has 0 saturated carbocycles. The number of carbonyl (C=O) groups is 1. The van der Waals surface area contributed by atoms with Crippen LogP contribution in [0.25, 0.3) is 0 Å². The number of carbonyl (C=O) groups excluding carboxylic acids is 1. The molecule has 1 aliphatic rings. The van der Waals surface area contributed by atoms with Crippen LogP contribution in [-0.4, -0.2) is 30.4 Å². The standard InChI is InChI=1S/C19H30N2O.ClH/c1-14(2)18(20)10-11-21(3)19(22)13-15-8-9-16-6-4-5-7-17(16)12-15;/h8-9,12,14,18H,4-7,10-11,13,20H2,1-3H3;1H. The van der Waals surface area contributed by atoms with Crippen LogP contribution in [-0.2, 0) is 24.1 Å². The van der Waals surface area contributed by atoms with Gasteiger partial charge in [0.2, 0.25) is 5.91 Å². The summed E-state index contributed by atoms with van der Waals surface area (Å²) in [6.07, 6.45) is 6.29. The molecule has 0 aliphatic heterocycles. The van der Waals surface area contributed by atoms with Gasteiger partial charge < -0.3 is 10.6 Å². The van der Waals surface area contributed by atoms with E-state index in [1.807, 2.05) is 11.9 Å². The van der Waals surface area contributed by atoms with Gasteiger partial charge in [0, 0.05) is 19.6 Å². The summed E-state index contributed by atoms with van der Waals surface area (Å²) in [7, 11) is 1.88. The quantitative estimate of drug-likeness (QED) is 0.864. The zero-order valence-corrected chi connectivity index (χ0v) is 15.5. The molecule has 1 atom stereocenters. The van der Waals surface area contributed by atoms with Gasteiger partial charge in [-0.2, -0.15) is 0 Å². The predicted molar refractivity (Wildman–Crippen MR) is 99.1 cm³/mol. The number of nitrogens with zero attached hydrogens (tertiary/aromatic N) is 1. The number of nitrogens with two attached hydrogens (primary N) is 1. The molecule has 0 fully saturated rings. The number of fused-ring (bicyclic) bond motifs is 1. The maximum absolute atomic E-state index is 12.3. The van der Waals surface area contributed by atoms with E-state index in [-0.39, 0.29) is 24.4 Å². The molecule has 0 radical (unpaired) electrons. The second kappa shape index (κ2) is 9.29. The van der Waals surface area contributed by atoms with E-state index in [1.54, 1.807) is 0 Å².